The summed E-state index contributed by atoms with van der Waals surface area (Å²) in [7, 11) is 1.66. The van der Waals surface area contributed by atoms with Crippen molar-refractivity contribution in [3.05, 3.63) is 45.7 Å². The lowest BCUT2D eigenvalue weighted by atomic mass is 10.0. The highest BCUT2D eigenvalue weighted by Gasteiger charge is 2.30. The smallest absolute Gasteiger partial charge is 0.261 e. The monoisotopic (exact) mass is 427 g/mol. The molecule has 1 saturated heterocycles. The predicted octanol–water partition coefficient (Wildman–Crippen LogP) is 3.62. The molecule has 1 amide bonds. The van der Waals surface area contributed by atoms with Crippen LogP contribution in [0.4, 0.5) is 0 Å². The van der Waals surface area contributed by atoms with Crippen molar-refractivity contribution in [3.63, 3.8) is 0 Å². The molecular formula is C22H29N5O2S. The van der Waals surface area contributed by atoms with E-state index >= 15 is 0 Å². The van der Waals surface area contributed by atoms with Crippen molar-refractivity contribution >= 4 is 27.5 Å². The molecule has 0 saturated carbocycles. The van der Waals surface area contributed by atoms with Gasteiger partial charge >= 0.3 is 0 Å². The zero-order valence-electron chi connectivity index (χ0n) is 18.2. The Morgan fingerprint density at radius 1 is 1.40 bits per heavy atom. The van der Waals surface area contributed by atoms with Crippen molar-refractivity contribution in [2.45, 2.75) is 46.4 Å². The molecule has 3 aromatic heterocycles. The number of carbonyl (C=O) groups excluding carboxylic acids is 1. The van der Waals surface area contributed by atoms with Crippen LogP contribution in [-0.4, -0.2) is 52.3 Å². The van der Waals surface area contributed by atoms with E-state index in [0.717, 1.165) is 41.1 Å². The molecule has 0 unspecified atom stereocenters. The van der Waals surface area contributed by atoms with Crippen molar-refractivity contribution in [3.8, 4) is 0 Å². The maximum absolute atomic E-state index is 12.6. The van der Waals surface area contributed by atoms with Gasteiger partial charge in [0, 0.05) is 61.1 Å². The highest BCUT2D eigenvalue weighted by molar-refractivity contribution is 7.20. The quantitative estimate of drug-likeness (QED) is 0.673. The number of aromatic nitrogens is 3. The second kappa shape index (κ2) is 8.45. The van der Waals surface area contributed by atoms with Crippen LogP contribution in [-0.2, 0) is 11.3 Å². The van der Waals surface area contributed by atoms with Crippen molar-refractivity contribution in [1.82, 2.24) is 25.0 Å². The first-order valence-electron chi connectivity index (χ1n) is 10.4. The molecule has 0 aliphatic carbocycles. The molecule has 7 nitrogen and oxygen atoms in total. The number of amides is 1. The number of thiophene rings is 1. The predicted molar refractivity (Wildman–Crippen MR) is 119 cm³/mol. The number of aryl methyl sites for hydroxylation is 1. The Bertz CT molecular complexity index is 1070. The fourth-order valence-corrected chi connectivity index (χ4v) is 5.37. The molecule has 1 fully saturated rings. The average molecular weight is 428 g/mol. The topological polar surface area (TPSA) is 72.3 Å². The van der Waals surface area contributed by atoms with Crippen LogP contribution in [0.2, 0.25) is 0 Å². The summed E-state index contributed by atoms with van der Waals surface area (Å²) in [5.41, 5.74) is 4.55. The summed E-state index contributed by atoms with van der Waals surface area (Å²) in [6, 6.07) is 4.29. The van der Waals surface area contributed by atoms with Gasteiger partial charge in [-0.2, -0.15) is 5.10 Å². The summed E-state index contributed by atoms with van der Waals surface area (Å²) in [6.45, 7) is 11.6. The van der Waals surface area contributed by atoms with Gasteiger partial charge < -0.3 is 10.1 Å². The molecule has 4 rings (SSSR count). The molecule has 1 atom stereocenters. The Labute approximate surface area is 181 Å². The molecule has 30 heavy (non-hydrogen) atoms. The van der Waals surface area contributed by atoms with Gasteiger partial charge in [0.2, 0.25) is 0 Å². The summed E-state index contributed by atoms with van der Waals surface area (Å²) in [5.74, 6) is -0.0846. The van der Waals surface area contributed by atoms with E-state index in [2.05, 4.69) is 47.6 Å². The highest BCUT2D eigenvalue weighted by Crippen LogP contribution is 2.37. The molecule has 0 spiro atoms. The van der Waals surface area contributed by atoms with Crippen LogP contribution in [0.1, 0.15) is 58.2 Å². The second-order valence-corrected chi connectivity index (χ2v) is 9.06. The minimum absolute atomic E-state index is 0.0846. The van der Waals surface area contributed by atoms with Crippen LogP contribution in [0.25, 0.3) is 10.2 Å². The van der Waals surface area contributed by atoms with Gasteiger partial charge in [0.1, 0.15) is 9.71 Å². The van der Waals surface area contributed by atoms with Crippen LogP contribution < -0.4 is 5.32 Å². The molecule has 0 bridgehead atoms. The number of morpholine rings is 1. The maximum Gasteiger partial charge on any atom is 0.261 e. The molecule has 8 heteroatoms. The van der Waals surface area contributed by atoms with Crippen molar-refractivity contribution in [2.24, 2.45) is 0 Å². The third kappa shape index (κ3) is 3.75. The van der Waals surface area contributed by atoms with Crippen LogP contribution in [0.5, 0.6) is 0 Å². The highest BCUT2D eigenvalue weighted by atomic mass is 32.1. The van der Waals surface area contributed by atoms with E-state index in [9.17, 15) is 4.79 Å². The maximum atomic E-state index is 12.6. The van der Waals surface area contributed by atoms with E-state index < -0.39 is 0 Å². The lowest BCUT2D eigenvalue weighted by Gasteiger charge is -2.33. The molecule has 0 aromatic carbocycles. The van der Waals surface area contributed by atoms with Gasteiger partial charge in [-0.15, -0.1) is 11.3 Å². The van der Waals surface area contributed by atoms with Gasteiger partial charge in [-0.25, -0.2) is 4.98 Å². The number of nitrogens with zero attached hydrogens (tertiary/aromatic N) is 4. The van der Waals surface area contributed by atoms with Gasteiger partial charge in [-0.05, 0) is 33.8 Å². The summed E-state index contributed by atoms with van der Waals surface area (Å²) < 4.78 is 8.28. The molecule has 1 aliphatic rings. The summed E-state index contributed by atoms with van der Waals surface area (Å²) in [5, 5.41) is 8.50. The zero-order valence-corrected chi connectivity index (χ0v) is 19.0. The largest absolute Gasteiger partial charge is 0.371 e. The molecule has 4 heterocycles. The number of hydrogen-bond acceptors (Lipinski definition) is 6. The van der Waals surface area contributed by atoms with E-state index in [0.29, 0.717) is 17.5 Å². The third-order valence-electron chi connectivity index (χ3n) is 5.76. The lowest BCUT2D eigenvalue weighted by molar-refractivity contribution is -0.0324. The normalized spacial score (nSPS) is 17.7. The number of hydrogen-bond donors (Lipinski definition) is 1. The molecule has 1 N–H and O–H groups in total. The van der Waals surface area contributed by atoms with Crippen molar-refractivity contribution in [2.75, 3.05) is 26.7 Å². The average Bonchev–Trinajstić information content (AvgIpc) is 3.26. The number of rotatable bonds is 5. The SMILES string of the molecule is CNC(=O)c1sc2ncccc2c1[C@H]1CN(Cc2c(C)nn(C(C)C)c2C)CCO1. The van der Waals surface area contributed by atoms with Crippen LogP contribution >= 0.6 is 11.3 Å². The van der Waals surface area contributed by atoms with Crippen LogP contribution in [0.15, 0.2) is 18.3 Å². The van der Waals surface area contributed by atoms with Gasteiger partial charge in [0.25, 0.3) is 5.91 Å². The Hall–Kier alpha value is -2.29. The van der Waals surface area contributed by atoms with E-state index in [1.54, 1.807) is 13.2 Å². The summed E-state index contributed by atoms with van der Waals surface area (Å²) >= 11 is 1.43. The van der Waals surface area contributed by atoms with Crippen molar-refractivity contribution < 1.29 is 9.53 Å². The molecule has 3 aromatic rings. The zero-order chi connectivity index (χ0) is 21.4. The van der Waals surface area contributed by atoms with Gasteiger partial charge in [0.05, 0.1) is 18.4 Å². The molecule has 160 valence electrons. The van der Waals surface area contributed by atoms with Crippen LogP contribution in [0, 0.1) is 13.8 Å². The first kappa shape index (κ1) is 21.0. The van der Waals surface area contributed by atoms with Gasteiger partial charge in [0.15, 0.2) is 0 Å². The van der Waals surface area contributed by atoms with Gasteiger partial charge in [-0.1, -0.05) is 6.07 Å². The van der Waals surface area contributed by atoms with E-state index in [1.807, 2.05) is 12.1 Å². The first-order chi connectivity index (χ1) is 14.4. The van der Waals surface area contributed by atoms with Crippen molar-refractivity contribution in [1.29, 1.82) is 0 Å². The van der Waals surface area contributed by atoms with E-state index in [1.165, 1.54) is 22.6 Å². The standard InChI is InChI=1S/C22H29N5O2S/c1-13(2)27-15(4)17(14(3)25-27)11-26-9-10-29-18(12-26)19-16-7-6-8-24-22(16)30-20(19)21(28)23-5/h6-8,13,18H,9-12H2,1-5H3,(H,23,28)/t18-/m1/s1. The van der Waals surface area contributed by atoms with E-state index in [-0.39, 0.29) is 12.0 Å². The number of pyridine rings is 1. The summed E-state index contributed by atoms with van der Waals surface area (Å²) in [4.78, 5) is 21.0. The Kier molecular flexibility index (Phi) is 5.90. The number of fused-ring (bicyclic) bond motifs is 1. The first-order valence-corrected chi connectivity index (χ1v) is 11.2. The molecular weight excluding hydrogens is 398 g/mol. The third-order valence-corrected chi connectivity index (χ3v) is 6.88. The Morgan fingerprint density at radius 3 is 2.90 bits per heavy atom. The Morgan fingerprint density at radius 2 is 2.20 bits per heavy atom. The molecule has 0 radical (unpaired) electrons. The number of ether oxygens (including phenoxy) is 1. The second-order valence-electron chi connectivity index (χ2n) is 8.06. The minimum atomic E-state index is -0.162. The fraction of sp³-hybridized carbons (Fsp3) is 0.500. The minimum Gasteiger partial charge on any atom is -0.371 e. The van der Waals surface area contributed by atoms with E-state index in [4.69, 9.17) is 9.84 Å². The number of carbonyl (C=O) groups is 1. The van der Waals surface area contributed by atoms with Crippen LogP contribution in [0.3, 0.4) is 0 Å². The lowest BCUT2D eigenvalue weighted by Crippen LogP contribution is -2.38. The number of nitrogens with one attached hydrogen (secondary N) is 1. The fourth-order valence-electron chi connectivity index (χ4n) is 4.23. The van der Waals surface area contributed by atoms with Gasteiger partial charge in [-0.3, -0.25) is 14.4 Å². The Balaban J connectivity index is 1.63. The summed E-state index contributed by atoms with van der Waals surface area (Å²) in [6.07, 6.45) is 1.60. The molecule has 1 aliphatic heterocycles.